The van der Waals surface area contributed by atoms with Crippen molar-refractivity contribution in [2.24, 2.45) is 0 Å². The molecule has 12 amide bonds. The quantitative estimate of drug-likeness (QED) is 0.0199. The number of hydrogen-bond donors (Lipinski definition) is 26. The third-order valence-electron chi connectivity index (χ3n) is 21.1. The lowest BCUT2D eigenvalue weighted by atomic mass is 9.97. The maximum Gasteiger partial charge on any atom is 0.471 e. The number of ether oxygens (including phenoxy) is 8. The summed E-state index contributed by atoms with van der Waals surface area (Å²) >= 11 is 0. The van der Waals surface area contributed by atoms with Crippen LogP contribution >= 0.6 is 7.82 Å². The minimum atomic E-state index is -4.49. The minimum absolute atomic E-state index is 0.00973. The topological polar surface area (TPSA) is 742 Å². The molecule has 1 unspecified atom stereocenters. The highest BCUT2D eigenvalue weighted by atomic mass is 31.2. The van der Waals surface area contributed by atoms with Crippen LogP contribution in [0.3, 0.4) is 0 Å². The molecule has 49 nitrogen and oxygen atoms in total. The number of rotatable bonds is 63. The summed E-state index contributed by atoms with van der Waals surface area (Å²) in [6, 6.07) is -9.76. The van der Waals surface area contributed by atoms with E-state index in [-0.39, 0.29) is 180 Å². The van der Waals surface area contributed by atoms with E-state index in [1.165, 1.54) is 27.7 Å². The largest absolute Gasteiger partial charge is 0.471 e. The van der Waals surface area contributed by atoms with Gasteiger partial charge in [0.05, 0.1) is 45.7 Å². The van der Waals surface area contributed by atoms with Crippen LogP contribution < -0.4 is 63.8 Å². The predicted molar refractivity (Wildman–Crippen MR) is 441 cm³/mol. The maximum atomic E-state index is 14.6. The number of phosphoric acid groups is 1. The second-order valence-electron chi connectivity index (χ2n) is 31.6. The third-order valence-corrected chi connectivity index (χ3v) is 22.0. The summed E-state index contributed by atoms with van der Waals surface area (Å²) in [6.45, 7) is 0.576. The van der Waals surface area contributed by atoms with Crippen LogP contribution in [0.4, 0.5) is 0 Å². The SMILES string of the molecule is COP(=O)(O)OC[C@@H](CO)NC(=O)CCCNC(=O)[C@H](CCCCNC(=O)[C@H](CCCCNC(=O)CCCCO[C@@H]1O[C@H](CO)[C@H](O)[C@H](O)[C@H]1NC(C)=O)NC(=O)CCCCO[C@@H]1O[C@H](CO)[C@H](O)[C@H](O)[C@H]1NC(C)=O)NC(=O)[C@H](CCCCNC(=O)CCCCO[C@@H]1O[C@H](CO)[C@H](O)[C@H](O)[C@H]1NC(C)=O)NC(=O)CCCCO[C@@H]1O[C@H](CO)[C@H](O)[C@H](O)[C@H]1NC(C)=O. The molecule has 0 spiro atoms. The molecule has 0 aromatic rings. The van der Waals surface area contributed by atoms with Crippen molar-refractivity contribution in [3.63, 3.8) is 0 Å². The lowest BCUT2D eigenvalue weighted by Gasteiger charge is -2.42. The number of aliphatic hydroxyl groups excluding tert-OH is 13. The Bertz CT molecular complexity index is 3410. The van der Waals surface area contributed by atoms with Crippen LogP contribution in [0, 0.1) is 0 Å². The molecule has 0 saturated carbocycles. The zero-order valence-corrected chi connectivity index (χ0v) is 74.0. The normalized spacial score (nSPS) is 27.2. The number of carbonyl (C=O) groups excluding carboxylic acids is 12. The lowest BCUT2D eigenvalue weighted by Crippen LogP contribution is -2.64. The van der Waals surface area contributed by atoms with Crippen LogP contribution in [-0.2, 0) is 109 Å². The summed E-state index contributed by atoms with van der Waals surface area (Å²) in [7, 11) is -3.57. The fourth-order valence-electron chi connectivity index (χ4n) is 14.1. The number of amides is 12. The number of phosphoric ester groups is 1. The van der Waals surface area contributed by atoms with Crippen LogP contribution in [-0.4, -0.2) is 388 Å². The molecule has 26 N–H and O–H groups in total. The van der Waals surface area contributed by atoms with E-state index in [2.05, 4.69) is 68.3 Å². The molecule has 4 heterocycles. The summed E-state index contributed by atoms with van der Waals surface area (Å²) in [4.78, 5) is 167. The van der Waals surface area contributed by atoms with Gasteiger partial charge in [-0.3, -0.25) is 66.6 Å². The van der Waals surface area contributed by atoms with E-state index in [0.717, 1.165) is 7.11 Å². The van der Waals surface area contributed by atoms with E-state index in [1.807, 2.05) is 0 Å². The second kappa shape index (κ2) is 61.6. The van der Waals surface area contributed by atoms with Crippen LogP contribution in [0.2, 0.25) is 0 Å². The van der Waals surface area contributed by atoms with Crippen LogP contribution in [0.1, 0.15) is 175 Å². The van der Waals surface area contributed by atoms with Gasteiger partial charge in [0.1, 0.15) is 116 Å². The van der Waals surface area contributed by atoms with Gasteiger partial charge in [-0.05, 0) is 116 Å². The molecular weight excluding hydrogens is 1730 g/mol. The van der Waals surface area contributed by atoms with Gasteiger partial charge in [-0.2, -0.15) is 0 Å². The van der Waals surface area contributed by atoms with Crippen molar-refractivity contribution in [3.05, 3.63) is 0 Å². The molecule has 4 rings (SSSR count). The first-order valence-corrected chi connectivity index (χ1v) is 44.9. The van der Waals surface area contributed by atoms with Crippen LogP contribution in [0.25, 0.3) is 0 Å². The van der Waals surface area contributed by atoms with Gasteiger partial charge in [0, 0.05) is 120 Å². The van der Waals surface area contributed by atoms with Gasteiger partial charge >= 0.3 is 7.82 Å². The molecular formula is C78H139N12O37P. The van der Waals surface area contributed by atoms with Gasteiger partial charge in [-0.25, -0.2) is 4.57 Å². The average molecular weight is 1870 g/mol. The first kappa shape index (κ1) is 113. The summed E-state index contributed by atoms with van der Waals surface area (Å²) in [6.07, 6.45) is -19.7. The van der Waals surface area contributed by atoms with Crippen molar-refractivity contribution in [1.29, 1.82) is 0 Å². The zero-order valence-electron chi connectivity index (χ0n) is 73.1. The third kappa shape index (κ3) is 41.8. The molecule has 0 aromatic heterocycles. The molecule has 4 saturated heterocycles. The lowest BCUT2D eigenvalue weighted by molar-refractivity contribution is -0.270. The smallest absolute Gasteiger partial charge is 0.394 e. The number of carbonyl (C=O) groups is 12. The van der Waals surface area contributed by atoms with Crippen LogP contribution in [0.15, 0.2) is 0 Å². The molecule has 0 bridgehead atoms. The highest BCUT2D eigenvalue weighted by Gasteiger charge is 2.49. The molecule has 50 heteroatoms. The van der Waals surface area contributed by atoms with Crippen molar-refractivity contribution in [1.82, 2.24) is 63.8 Å². The predicted octanol–water partition coefficient (Wildman–Crippen LogP) is -9.04. The average Bonchev–Trinajstić information content (AvgIpc) is 0.821. The Morgan fingerprint density at radius 3 is 0.906 bits per heavy atom. The molecule has 738 valence electrons. The number of hydrogen-bond acceptors (Lipinski definition) is 36. The van der Waals surface area contributed by atoms with E-state index in [1.54, 1.807) is 0 Å². The Hall–Kier alpha value is -7.09. The van der Waals surface area contributed by atoms with Gasteiger partial charge in [0.2, 0.25) is 70.9 Å². The Morgan fingerprint density at radius 1 is 0.336 bits per heavy atom. The van der Waals surface area contributed by atoms with Crippen molar-refractivity contribution >= 4 is 78.7 Å². The van der Waals surface area contributed by atoms with Crippen LogP contribution in [0.5, 0.6) is 0 Å². The number of unbranched alkanes of at least 4 members (excludes halogenated alkanes) is 7. The van der Waals surface area contributed by atoms with E-state index in [0.29, 0.717) is 32.1 Å². The summed E-state index contributed by atoms with van der Waals surface area (Å²) < 4.78 is 66.5. The van der Waals surface area contributed by atoms with Gasteiger partial charge in [0.25, 0.3) is 0 Å². The monoisotopic (exact) mass is 1870 g/mol. The van der Waals surface area contributed by atoms with Crippen molar-refractivity contribution in [2.75, 3.05) is 99.4 Å². The Labute approximate surface area is 741 Å². The number of nitrogens with one attached hydrogen (secondary N) is 12. The van der Waals surface area contributed by atoms with Gasteiger partial charge < -0.3 is 173 Å². The zero-order chi connectivity index (χ0) is 95.0. The number of aliphatic hydroxyl groups is 13. The van der Waals surface area contributed by atoms with Gasteiger partial charge in [-0.1, -0.05) is 0 Å². The van der Waals surface area contributed by atoms with Gasteiger partial charge in [-0.15, -0.1) is 0 Å². The van der Waals surface area contributed by atoms with E-state index < -0.39 is 253 Å². The molecule has 4 aliphatic heterocycles. The first-order chi connectivity index (χ1) is 60.9. The fourth-order valence-corrected chi connectivity index (χ4v) is 14.5. The second-order valence-corrected chi connectivity index (χ2v) is 33.2. The summed E-state index contributed by atoms with van der Waals surface area (Å²) in [5, 5.41) is 164. The molecule has 4 aliphatic rings. The Balaban J connectivity index is 1.49. The van der Waals surface area contributed by atoms with Gasteiger partial charge in [0.15, 0.2) is 25.2 Å². The fraction of sp³-hybridized carbons (Fsp3) is 0.846. The maximum absolute atomic E-state index is 14.6. The minimum Gasteiger partial charge on any atom is -0.394 e. The Kier molecular flexibility index (Phi) is 54.5. The standard InChI is InChI=1S/C78H139N12O37P/c1-43(96)83-60-68(109)64(105)51(38-92)124-75(60)119-33-16-9-24-55(100)79-29-13-6-21-48(88-58(103)26-11-18-35-121-77-62(85-45(3)98)70(111)66(107)53(40-94)126-77)72(113)81-31-15-8-22-49(73(114)82-32-20-28-57(102)87-47(37-91)42-123-128(116,117)118-5)90-74(115)50(89-59(104)27-12-19-36-122-78-63(86-46(4)99)71(112)67(108)54(41-95)127-78)23-7-14-30-80-56(101)25-10-17-34-120-76-61(84-44(2)97)69(110)65(106)52(39-93)125-76/h47-54,60-71,75-78,91-95,105-112H,6-42H2,1-5H3,(H,79,100)(H,80,101)(H,81,113)(H,82,114)(H,83,96)(H,84,97)(H,85,98)(H,86,99)(H,87,102)(H,88,103)(H,89,104)(H,90,115)(H,116,117)/t47-,48+,49+,50+,51-,52-,53-,54-,60-,61-,62-,63-,64+,65+,66+,67+,68-,69-,70-,71-,75-,76-,77-,78-/m1/s1. The molecule has 4 fully saturated rings. The summed E-state index contributed by atoms with van der Waals surface area (Å²) in [5.74, 6) is -6.97. The molecule has 25 atom stereocenters. The first-order valence-electron chi connectivity index (χ1n) is 43.4. The highest BCUT2D eigenvalue weighted by Crippen LogP contribution is 2.42. The van der Waals surface area contributed by atoms with E-state index in [9.17, 15) is 133 Å². The molecule has 0 aromatic carbocycles. The van der Waals surface area contributed by atoms with Crippen molar-refractivity contribution in [3.8, 4) is 0 Å². The van der Waals surface area contributed by atoms with E-state index in [4.69, 9.17) is 42.4 Å². The molecule has 0 aliphatic carbocycles. The van der Waals surface area contributed by atoms with E-state index >= 15 is 0 Å². The van der Waals surface area contributed by atoms with Crippen molar-refractivity contribution in [2.45, 2.75) is 322 Å². The van der Waals surface area contributed by atoms with Crippen molar-refractivity contribution < 1.29 is 180 Å². The Morgan fingerprint density at radius 2 is 0.609 bits per heavy atom. The molecule has 128 heavy (non-hydrogen) atoms. The highest BCUT2D eigenvalue weighted by molar-refractivity contribution is 7.47. The molecule has 0 radical (unpaired) electrons. The summed E-state index contributed by atoms with van der Waals surface area (Å²) in [5.41, 5.74) is 0.